The molecule has 0 saturated carbocycles. The first-order chi connectivity index (χ1) is 14.1. The number of nitrogens with zero attached hydrogens (tertiary/aromatic N) is 1. The number of ether oxygens (including phenoxy) is 2. The van der Waals surface area contributed by atoms with E-state index in [1.807, 2.05) is 60.7 Å². The maximum atomic E-state index is 12.9. The average Bonchev–Trinajstić information content (AvgIpc) is 2.78. The number of hydrogen-bond donors (Lipinski definition) is 0. The summed E-state index contributed by atoms with van der Waals surface area (Å²) < 4.78 is 10.8. The third-order valence-corrected chi connectivity index (χ3v) is 4.86. The van der Waals surface area contributed by atoms with Gasteiger partial charge in [0.1, 0.15) is 12.4 Å². The number of fused-ring (bicyclic) bond motifs is 1. The third-order valence-electron chi connectivity index (χ3n) is 4.61. The van der Waals surface area contributed by atoms with Crippen LogP contribution in [0.1, 0.15) is 15.9 Å². The largest absolute Gasteiger partial charge is 0.497 e. The van der Waals surface area contributed by atoms with Crippen LogP contribution in [-0.2, 0) is 11.3 Å². The van der Waals surface area contributed by atoms with Crippen molar-refractivity contribution in [3.05, 3.63) is 95.0 Å². The molecule has 0 unspecified atom stereocenters. The van der Waals surface area contributed by atoms with Crippen LogP contribution in [0.2, 0.25) is 5.02 Å². The number of hydrogen-bond acceptors (Lipinski definition) is 4. The van der Waals surface area contributed by atoms with E-state index < -0.39 is 5.97 Å². The zero-order valence-corrected chi connectivity index (χ0v) is 16.5. The van der Waals surface area contributed by atoms with Gasteiger partial charge in [-0.25, -0.2) is 9.78 Å². The van der Waals surface area contributed by atoms with Crippen LogP contribution >= 0.6 is 11.6 Å². The van der Waals surface area contributed by atoms with Gasteiger partial charge < -0.3 is 9.47 Å². The fourth-order valence-corrected chi connectivity index (χ4v) is 3.19. The minimum atomic E-state index is -0.395. The number of benzene rings is 3. The lowest BCUT2D eigenvalue weighted by Gasteiger charge is -2.11. The van der Waals surface area contributed by atoms with Crippen LogP contribution in [0, 0.1) is 0 Å². The molecule has 0 aliphatic carbocycles. The summed E-state index contributed by atoms with van der Waals surface area (Å²) in [5.74, 6) is 0.366. The number of halogens is 1. The topological polar surface area (TPSA) is 48.4 Å². The summed E-state index contributed by atoms with van der Waals surface area (Å²) >= 11 is 5.91. The highest BCUT2D eigenvalue weighted by molar-refractivity contribution is 6.30. The molecule has 144 valence electrons. The molecule has 0 radical (unpaired) electrons. The van der Waals surface area contributed by atoms with Gasteiger partial charge in [-0.05, 0) is 54.1 Å². The summed E-state index contributed by atoms with van der Waals surface area (Å²) in [4.78, 5) is 17.6. The number of esters is 1. The summed E-state index contributed by atoms with van der Waals surface area (Å²) in [6.45, 7) is 0.171. The van der Waals surface area contributed by atoms with Crippen LogP contribution < -0.4 is 4.74 Å². The maximum absolute atomic E-state index is 12.9. The Labute approximate surface area is 173 Å². The van der Waals surface area contributed by atoms with Gasteiger partial charge in [0.2, 0.25) is 0 Å². The average molecular weight is 404 g/mol. The zero-order valence-electron chi connectivity index (χ0n) is 15.8. The van der Waals surface area contributed by atoms with E-state index in [0.29, 0.717) is 16.3 Å². The van der Waals surface area contributed by atoms with Crippen LogP contribution in [-0.4, -0.2) is 18.1 Å². The van der Waals surface area contributed by atoms with E-state index in [2.05, 4.69) is 0 Å². The van der Waals surface area contributed by atoms with Gasteiger partial charge in [-0.15, -0.1) is 0 Å². The second-order valence-electron chi connectivity index (χ2n) is 6.50. The molecule has 0 saturated heterocycles. The van der Waals surface area contributed by atoms with Gasteiger partial charge in [0.15, 0.2) is 0 Å². The number of carbonyl (C=O) groups is 1. The summed E-state index contributed by atoms with van der Waals surface area (Å²) in [6.07, 6.45) is 0. The Morgan fingerprint density at radius 2 is 1.69 bits per heavy atom. The normalized spacial score (nSPS) is 10.7. The molecule has 5 heteroatoms. The van der Waals surface area contributed by atoms with Crippen molar-refractivity contribution >= 4 is 28.5 Å². The lowest BCUT2D eigenvalue weighted by molar-refractivity contribution is 0.0475. The zero-order chi connectivity index (χ0) is 20.2. The van der Waals surface area contributed by atoms with Crippen molar-refractivity contribution in [2.45, 2.75) is 6.61 Å². The lowest BCUT2D eigenvalue weighted by Crippen LogP contribution is -2.07. The summed E-state index contributed by atoms with van der Waals surface area (Å²) in [6, 6.07) is 24.1. The van der Waals surface area contributed by atoms with Crippen molar-refractivity contribution in [1.82, 2.24) is 4.98 Å². The van der Waals surface area contributed by atoms with Gasteiger partial charge >= 0.3 is 5.97 Å². The van der Waals surface area contributed by atoms with Crippen LogP contribution in [0.4, 0.5) is 0 Å². The molecule has 4 nitrogen and oxygen atoms in total. The van der Waals surface area contributed by atoms with Crippen molar-refractivity contribution in [2.75, 3.05) is 7.11 Å². The molecule has 4 aromatic rings. The highest BCUT2D eigenvalue weighted by atomic mass is 35.5. The Balaban J connectivity index is 1.68. The van der Waals surface area contributed by atoms with Crippen LogP contribution in [0.15, 0.2) is 78.9 Å². The Hall–Kier alpha value is -3.37. The van der Waals surface area contributed by atoms with Crippen LogP contribution in [0.5, 0.6) is 5.75 Å². The van der Waals surface area contributed by atoms with E-state index in [9.17, 15) is 4.79 Å². The van der Waals surface area contributed by atoms with E-state index in [-0.39, 0.29) is 6.61 Å². The first-order valence-electron chi connectivity index (χ1n) is 9.10. The number of aromatic nitrogens is 1. The monoisotopic (exact) mass is 403 g/mol. The van der Waals surface area contributed by atoms with Crippen LogP contribution in [0.3, 0.4) is 0 Å². The second kappa shape index (κ2) is 8.33. The van der Waals surface area contributed by atoms with E-state index >= 15 is 0 Å². The molecule has 0 atom stereocenters. The summed E-state index contributed by atoms with van der Waals surface area (Å²) in [7, 11) is 1.62. The van der Waals surface area contributed by atoms with Gasteiger partial charge in [-0.1, -0.05) is 41.9 Å². The van der Waals surface area contributed by atoms with Crippen molar-refractivity contribution in [2.24, 2.45) is 0 Å². The SMILES string of the molecule is COc1ccc(-c2cc(C(=O)OCc3ccc(Cl)cc3)c3ccccc3n2)cc1. The molecule has 1 aromatic heterocycles. The molecule has 0 aliphatic heterocycles. The molecule has 0 bridgehead atoms. The molecule has 0 fully saturated rings. The molecule has 0 N–H and O–H groups in total. The molecule has 29 heavy (non-hydrogen) atoms. The standard InChI is InChI=1S/C24H18ClNO3/c1-28-19-12-8-17(9-13-19)23-14-21(20-4-2-3-5-22(20)26-23)24(27)29-15-16-6-10-18(25)11-7-16/h2-14H,15H2,1H3. The van der Waals surface area contributed by atoms with E-state index in [4.69, 9.17) is 26.1 Å². The number of pyridine rings is 1. The van der Waals surface area contributed by atoms with E-state index in [1.165, 1.54) is 0 Å². The minimum Gasteiger partial charge on any atom is -0.497 e. The molecule has 0 amide bonds. The second-order valence-corrected chi connectivity index (χ2v) is 6.94. The van der Waals surface area contributed by atoms with Crippen molar-refractivity contribution in [3.63, 3.8) is 0 Å². The van der Waals surface area contributed by atoms with Gasteiger partial charge in [-0.3, -0.25) is 0 Å². The van der Waals surface area contributed by atoms with Gasteiger partial charge in [0.05, 0.1) is 23.9 Å². The summed E-state index contributed by atoms with van der Waals surface area (Å²) in [5.41, 5.74) is 3.68. The highest BCUT2D eigenvalue weighted by Gasteiger charge is 2.15. The van der Waals surface area contributed by atoms with Crippen molar-refractivity contribution in [1.29, 1.82) is 0 Å². The number of para-hydroxylation sites is 1. The Morgan fingerprint density at radius 1 is 0.966 bits per heavy atom. The minimum absolute atomic E-state index is 0.171. The highest BCUT2D eigenvalue weighted by Crippen LogP contribution is 2.27. The number of rotatable bonds is 5. The number of carbonyl (C=O) groups excluding carboxylic acids is 1. The van der Waals surface area contributed by atoms with Crippen molar-refractivity contribution < 1.29 is 14.3 Å². The molecular weight excluding hydrogens is 386 g/mol. The van der Waals surface area contributed by atoms with E-state index in [1.54, 1.807) is 25.3 Å². The Bertz CT molecular complexity index is 1160. The lowest BCUT2D eigenvalue weighted by atomic mass is 10.0. The molecular formula is C24H18ClNO3. The Morgan fingerprint density at radius 3 is 2.41 bits per heavy atom. The van der Waals surface area contributed by atoms with Gasteiger partial charge in [0.25, 0.3) is 0 Å². The maximum Gasteiger partial charge on any atom is 0.339 e. The van der Waals surface area contributed by atoms with Gasteiger partial charge in [0, 0.05) is 16.0 Å². The summed E-state index contributed by atoms with van der Waals surface area (Å²) in [5, 5.41) is 1.40. The quantitative estimate of drug-likeness (QED) is 0.388. The fourth-order valence-electron chi connectivity index (χ4n) is 3.06. The van der Waals surface area contributed by atoms with E-state index in [0.717, 1.165) is 27.8 Å². The molecule has 0 aliphatic rings. The first kappa shape index (κ1) is 19.0. The fraction of sp³-hybridized carbons (Fsp3) is 0.0833. The third kappa shape index (κ3) is 4.23. The Kier molecular flexibility index (Phi) is 5.45. The molecule has 4 rings (SSSR count). The number of methoxy groups -OCH3 is 1. The molecule has 3 aromatic carbocycles. The predicted molar refractivity (Wildman–Crippen MR) is 114 cm³/mol. The van der Waals surface area contributed by atoms with Crippen LogP contribution in [0.25, 0.3) is 22.2 Å². The predicted octanol–water partition coefficient (Wildman–Crippen LogP) is 5.92. The smallest absolute Gasteiger partial charge is 0.339 e. The van der Waals surface area contributed by atoms with Crippen molar-refractivity contribution in [3.8, 4) is 17.0 Å². The molecule has 0 spiro atoms. The first-order valence-corrected chi connectivity index (χ1v) is 9.47. The van der Waals surface area contributed by atoms with Gasteiger partial charge in [-0.2, -0.15) is 0 Å². The molecule has 1 heterocycles.